The van der Waals surface area contributed by atoms with Crippen molar-refractivity contribution in [1.82, 2.24) is 10.2 Å². The molecule has 0 bridgehead atoms. The van der Waals surface area contributed by atoms with Gasteiger partial charge < -0.3 is 15.1 Å². The molecule has 1 N–H and O–H groups in total. The minimum atomic E-state index is -0.197. The summed E-state index contributed by atoms with van der Waals surface area (Å²) < 4.78 is 0. The standard InChI is InChI=1S/C16H24ClN3O/c1-12-13(17)6-5-7-14(12)19-8-10-20(11-9-19)15(21)18-16(2,3)4/h5-7H,8-11H2,1-4H3,(H,18,21). The second kappa shape index (κ2) is 6.14. The van der Waals surface area contributed by atoms with Crippen molar-refractivity contribution in [1.29, 1.82) is 0 Å². The van der Waals surface area contributed by atoms with Crippen molar-refractivity contribution >= 4 is 23.3 Å². The number of carbonyl (C=O) groups excluding carboxylic acids is 1. The first kappa shape index (κ1) is 16.0. The minimum Gasteiger partial charge on any atom is -0.368 e. The Morgan fingerprint density at radius 2 is 1.81 bits per heavy atom. The number of benzene rings is 1. The Kier molecular flexibility index (Phi) is 4.67. The quantitative estimate of drug-likeness (QED) is 0.864. The van der Waals surface area contributed by atoms with E-state index < -0.39 is 0 Å². The molecule has 21 heavy (non-hydrogen) atoms. The van der Waals surface area contributed by atoms with Crippen LogP contribution in [0.15, 0.2) is 18.2 Å². The maximum Gasteiger partial charge on any atom is 0.317 e. The van der Waals surface area contributed by atoms with Crippen molar-refractivity contribution in [3.63, 3.8) is 0 Å². The fraction of sp³-hybridized carbons (Fsp3) is 0.562. The van der Waals surface area contributed by atoms with Gasteiger partial charge in [-0.2, -0.15) is 0 Å². The number of rotatable bonds is 1. The second-order valence-electron chi connectivity index (χ2n) is 6.54. The van der Waals surface area contributed by atoms with Crippen molar-refractivity contribution in [3.05, 3.63) is 28.8 Å². The van der Waals surface area contributed by atoms with Crippen LogP contribution in [0.1, 0.15) is 26.3 Å². The van der Waals surface area contributed by atoms with Gasteiger partial charge in [0.05, 0.1) is 0 Å². The number of nitrogens with one attached hydrogen (secondary N) is 1. The minimum absolute atomic E-state index is 0.0185. The van der Waals surface area contributed by atoms with Crippen molar-refractivity contribution < 1.29 is 4.79 Å². The Labute approximate surface area is 132 Å². The molecule has 5 heteroatoms. The smallest absolute Gasteiger partial charge is 0.317 e. The lowest BCUT2D eigenvalue weighted by Gasteiger charge is -2.38. The lowest BCUT2D eigenvalue weighted by atomic mass is 10.1. The Hall–Kier alpha value is -1.42. The summed E-state index contributed by atoms with van der Waals surface area (Å²) in [5, 5.41) is 3.80. The molecule has 0 unspecified atom stereocenters. The second-order valence-corrected chi connectivity index (χ2v) is 6.95. The predicted octanol–water partition coefficient (Wildman–Crippen LogP) is 3.28. The highest BCUT2D eigenvalue weighted by Gasteiger charge is 2.24. The average molecular weight is 310 g/mol. The van der Waals surface area contributed by atoms with Gasteiger partial charge in [0.2, 0.25) is 0 Å². The van der Waals surface area contributed by atoms with E-state index in [1.807, 2.05) is 44.7 Å². The highest BCUT2D eigenvalue weighted by Crippen LogP contribution is 2.27. The molecule has 2 amide bonds. The number of piperazine rings is 1. The molecule has 0 radical (unpaired) electrons. The van der Waals surface area contributed by atoms with Crippen LogP contribution in [0.25, 0.3) is 0 Å². The molecule has 1 aliphatic rings. The number of hydrogen-bond acceptors (Lipinski definition) is 2. The van der Waals surface area contributed by atoms with E-state index >= 15 is 0 Å². The molecule has 1 heterocycles. The van der Waals surface area contributed by atoms with Crippen LogP contribution in [0.3, 0.4) is 0 Å². The Morgan fingerprint density at radius 3 is 2.38 bits per heavy atom. The number of hydrogen-bond donors (Lipinski definition) is 1. The van der Waals surface area contributed by atoms with Crippen LogP contribution in [0.5, 0.6) is 0 Å². The number of anilines is 1. The van der Waals surface area contributed by atoms with E-state index in [9.17, 15) is 4.79 Å². The first-order valence-corrected chi connectivity index (χ1v) is 7.73. The van der Waals surface area contributed by atoms with Crippen molar-refractivity contribution in [2.24, 2.45) is 0 Å². The highest BCUT2D eigenvalue weighted by molar-refractivity contribution is 6.31. The van der Waals surface area contributed by atoms with Gasteiger partial charge in [-0.05, 0) is 45.4 Å². The zero-order chi connectivity index (χ0) is 15.6. The van der Waals surface area contributed by atoms with Gasteiger partial charge in [-0.3, -0.25) is 0 Å². The monoisotopic (exact) mass is 309 g/mol. The molecule has 0 saturated carbocycles. The van der Waals surface area contributed by atoms with Gasteiger partial charge in [-0.25, -0.2) is 4.79 Å². The summed E-state index contributed by atoms with van der Waals surface area (Å²) in [5.41, 5.74) is 2.07. The summed E-state index contributed by atoms with van der Waals surface area (Å²) in [6.07, 6.45) is 0. The first-order valence-electron chi connectivity index (χ1n) is 7.35. The summed E-state index contributed by atoms with van der Waals surface area (Å²) >= 11 is 6.18. The maximum absolute atomic E-state index is 12.2. The molecule has 4 nitrogen and oxygen atoms in total. The number of nitrogens with zero attached hydrogens (tertiary/aromatic N) is 2. The Balaban J connectivity index is 1.97. The zero-order valence-electron chi connectivity index (χ0n) is 13.2. The predicted molar refractivity (Wildman–Crippen MR) is 88.3 cm³/mol. The number of carbonyl (C=O) groups is 1. The van der Waals surface area contributed by atoms with E-state index in [0.717, 1.165) is 36.8 Å². The van der Waals surface area contributed by atoms with Crippen molar-refractivity contribution in [2.45, 2.75) is 33.2 Å². The summed E-state index contributed by atoms with van der Waals surface area (Å²) in [6, 6.07) is 5.99. The SMILES string of the molecule is Cc1c(Cl)cccc1N1CCN(C(=O)NC(C)(C)C)CC1. The molecule has 116 valence electrons. The molecule has 2 rings (SSSR count). The van der Waals surface area contributed by atoms with E-state index in [-0.39, 0.29) is 11.6 Å². The van der Waals surface area contributed by atoms with E-state index in [1.165, 1.54) is 5.69 Å². The van der Waals surface area contributed by atoms with Crippen LogP contribution in [0.4, 0.5) is 10.5 Å². The molecule has 0 aromatic heterocycles. The van der Waals surface area contributed by atoms with Crippen LogP contribution in [-0.4, -0.2) is 42.6 Å². The summed E-state index contributed by atoms with van der Waals surface area (Å²) in [7, 11) is 0. The number of urea groups is 1. The van der Waals surface area contributed by atoms with Gasteiger partial charge in [-0.1, -0.05) is 17.7 Å². The van der Waals surface area contributed by atoms with Crippen molar-refractivity contribution in [3.8, 4) is 0 Å². The molecule has 1 aliphatic heterocycles. The molecule has 0 aliphatic carbocycles. The van der Waals surface area contributed by atoms with E-state index in [4.69, 9.17) is 11.6 Å². The molecule has 1 saturated heterocycles. The summed E-state index contributed by atoms with van der Waals surface area (Å²) in [4.78, 5) is 16.3. The Bertz CT molecular complexity index is 517. The lowest BCUT2D eigenvalue weighted by Crippen LogP contribution is -2.55. The molecule has 1 aromatic carbocycles. The van der Waals surface area contributed by atoms with Crippen LogP contribution < -0.4 is 10.2 Å². The normalized spacial score (nSPS) is 16.0. The highest BCUT2D eigenvalue weighted by atomic mass is 35.5. The van der Waals surface area contributed by atoms with Crippen molar-refractivity contribution in [2.75, 3.05) is 31.1 Å². The van der Waals surface area contributed by atoms with E-state index in [2.05, 4.69) is 16.3 Å². The van der Waals surface area contributed by atoms with Gasteiger partial charge >= 0.3 is 6.03 Å². The van der Waals surface area contributed by atoms with Gasteiger partial charge in [-0.15, -0.1) is 0 Å². The fourth-order valence-electron chi connectivity index (χ4n) is 2.49. The number of halogens is 1. The lowest BCUT2D eigenvalue weighted by molar-refractivity contribution is 0.185. The van der Waals surface area contributed by atoms with E-state index in [0.29, 0.717) is 0 Å². The molecular weight excluding hydrogens is 286 g/mol. The first-order chi connectivity index (χ1) is 9.78. The third-order valence-corrected chi connectivity index (χ3v) is 4.04. The zero-order valence-corrected chi connectivity index (χ0v) is 14.0. The molecule has 1 aromatic rings. The third kappa shape index (κ3) is 4.03. The van der Waals surface area contributed by atoms with E-state index in [1.54, 1.807) is 0 Å². The van der Waals surface area contributed by atoms with Crippen LogP contribution in [0.2, 0.25) is 5.02 Å². The molecule has 0 atom stereocenters. The van der Waals surface area contributed by atoms with Crippen LogP contribution in [-0.2, 0) is 0 Å². The third-order valence-electron chi connectivity index (χ3n) is 3.63. The van der Waals surface area contributed by atoms with Gasteiger partial charge in [0, 0.05) is 42.4 Å². The summed E-state index contributed by atoms with van der Waals surface area (Å²) in [6.45, 7) is 11.2. The van der Waals surface area contributed by atoms with Gasteiger partial charge in [0.15, 0.2) is 0 Å². The topological polar surface area (TPSA) is 35.6 Å². The Morgan fingerprint density at radius 1 is 1.19 bits per heavy atom. The van der Waals surface area contributed by atoms with Crippen LogP contribution in [0, 0.1) is 6.92 Å². The number of amides is 2. The maximum atomic E-state index is 12.2. The van der Waals surface area contributed by atoms with Crippen LogP contribution >= 0.6 is 11.6 Å². The fourth-order valence-corrected chi connectivity index (χ4v) is 2.66. The molecular formula is C16H24ClN3O. The summed E-state index contributed by atoms with van der Waals surface area (Å²) in [5.74, 6) is 0. The average Bonchev–Trinajstić information content (AvgIpc) is 2.40. The van der Waals surface area contributed by atoms with Gasteiger partial charge in [0.25, 0.3) is 0 Å². The molecule has 0 spiro atoms. The molecule has 1 fully saturated rings. The largest absolute Gasteiger partial charge is 0.368 e. The van der Waals surface area contributed by atoms with Gasteiger partial charge in [0.1, 0.15) is 0 Å².